The van der Waals surface area contributed by atoms with E-state index < -0.39 is 11.2 Å². The molecule has 0 saturated heterocycles. The van der Waals surface area contributed by atoms with Gasteiger partial charge in [0.1, 0.15) is 5.69 Å². The molecule has 7 heteroatoms. The molecular weight excluding hydrogens is 268 g/mol. The maximum absolute atomic E-state index is 11.7. The Balaban J connectivity index is 2.51. The van der Waals surface area contributed by atoms with E-state index in [0.29, 0.717) is 16.8 Å². The van der Waals surface area contributed by atoms with Gasteiger partial charge < -0.3 is 4.98 Å². The smallest absolute Gasteiger partial charge is 0.313 e. The molecule has 100 valence electrons. The van der Waals surface area contributed by atoms with Gasteiger partial charge >= 0.3 is 5.69 Å². The molecule has 2 rings (SSSR count). The lowest BCUT2D eigenvalue weighted by molar-refractivity contribution is 0.644. The van der Waals surface area contributed by atoms with Gasteiger partial charge in [-0.05, 0) is 24.0 Å². The van der Waals surface area contributed by atoms with Crippen LogP contribution >= 0.6 is 11.6 Å². The van der Waals surface area contributed by atoms with Crippen LogP contribution in [0.2, 0.25) is 5.15 Å². The summed E-state index contributed by atoms with van der Waals surface area (Å²) in [5.74, 6) is 0.406. The van der Waals surface area contributed by atoms with Gasteiger partial charge in [0, 0.05) is 6.20 Å². The van der Waals surface area contributed by atoms with Crippen molar-refractivity contribution in [2.45, 2.75) is 20.3 Å². The number of hydrogen-bond acceptors (Lipinski definition) is 4. The largest absolute Gasteiger partial charge is 0.325 e. The van der Waals surface area contributed by atoms with Gasteiger partial charge in [-0.25, -0.2) is 4.79 Å². The number of halogens is 1. The molecule has 0 aliphatic heterocycles. The van der Waals surface area contributed by atoms with E-state index in [2.05, 4.69) is 34.0 Å². The Labute approximate surface area is 113 Å². The number of nitrogens with one attached hydrogen (secondary N) is 2. The van der Waals surface area contributed by atoms with Crippen molar-refractivity contribution >= 4 is 11.6 Å². The van der Waals surface area contributed by atoms with Crippen LogP contribution in [0.15, 0.2) is 21.9 Å². The van der Waals surface area contributed by atoms with E-state index in [0.717, 1.165) is 12.0 Å². The average molecular weight is 281 g/mol. The molecule has 0 amide bonds. The summed E-state index contributed by atoms with van der Waals surface area (Å²) in [6.45, 7) is 4.12. The van der Waals surface area contributed by atoms with Gasteiger partial charge in [-0.1, -0.05) is 25.4 Å². The monoisotopic (exact) mass is 280 g/mol. The summed E-state index contributed by atoms with van der Waals surface area (Å²) in [5.41, 5.74) is 0.410. The summed E-state index contributed by atoms with van der Waals surface area (Å²) < 4.78 is 0. The first kappa shape index (κ1) is 13.5. The fraction of sp³-hybridized carbons (Fsp3) is 0.333. The molecule has 2 aromatic rings. The molecule has 2 aromatic heterocycles. The molecule has 0 saturated carbocycles. The third kappa shape index (κ3) is 3.08. The molecule has 2 heterocycles. The lowest BCUT2D eigenvalue weighted by Crippen LogP contribution is -2.23. The third-order valence-electron chi connectivity index (χ3n) is 2.54. The Morgan fingerprint density at radius 3 is 2.68 bits per heavy atom. The zero-order valence-electron chi connectivity index (χ0n) is 10.5. The number of hydrogen-bond donors (Lipinski definition) is 2. The van der Waals surface area contributed by atoms with Crippen LogP contribution in [0.3, 0.4) is 0 Å². The van der Waals surface area contributed by atoms with Crippen LogP contribution in [-0.4, -0.2) is 20.2 Å². The van der Waals surface area contributed by atoms with Crippen LogP contribution in [0.1, 0.15) is 19.4 Å². The van der Waals surface area contributed by atoms with Gasteiger partial charge in [-0.3, -0.25) is 9.78 Å². The fourth-order valence-electron chi connectivity index (χ4n) is 1.73. The molecule has 0 aliphatic carbocycles. The Kier molecular flexibility index (Phi) is 3.80. The molecule has 0 bridgehead atoms. The second kappa shape index (κ2) is 5.36. The van der Waals surface area contributed by atoms with Gasteiger partial charge in [0.15, 0.2) is 5.15 Å². The molecular formula is C12H13ClN4O2. The molecule has 0 aromatic carbocycles. The first-order valence-electron chi connectivity index (χ1n) is 5.82. The van der Waals surface area contributed by atoms with Gasteiger partial charge in [-0.2, -0.15) is 0 Å². The van der Waals surface area contributed by atoms with E-state index >= 15 is 0 Å². The highest BCUT2D eigenvalue weighted by Gasteiger charge is 2.11. The lowest BCUT2D eigenvalue weighted by Gasteiger charge is -2.07. The molecule has 0 radical (unpaired) electrons. The highest BCUT2D eigenvalue weighted by molar-refractivity contribution is 6.30. The maximum atomic E-state index is 11.7. The molecule has 6 nitrogen and oxygen atoms in total. The average Bonchev–Trinajstić information content (AvgIpc) is 2.32. The van der Waals surface area contributed by atoms with E-state index in [-0.39, 0.29) is 5.56 Å². The summed E-state index contributed by atoms with van der Waals surface area (Å²) in [5, 5.41) is 8.06. The van der Waals surface area contributed by atoms with Crippen molar-refractivity contribution in [1.82, 2.24) is 20.2 Å². The third-order valence-corrected chi connectivity index (χ3v) is 2.86. The van der Waals surface area contributed by atoms with Crippen molar-refractivity contribution in [3.63, 3.8) is 0 Å². The molecule has 2 N–H and O–H groups in total. The van der Waals surface area contributed by atoms with Crippen molar-refractivity contribution in [1.29, 1.82) is 0 Å². The van der Waals surface area contributed by atoms with Crippen LogP contribution < -0.4 is 11.2 Å². The molecule has 0 fully saturated rings. The van der Waals surface area contributed by atoms with Crippen LogP contribution in [-0.2, 0) is 6.42 Å². The summed E-state index contributed by atoms with van der Waals surface area (Å²) in [4.78, 5) is 27.2. The van der Waals surface area contributed by atoms with E-state index in [4.69, 9.17) is 11.6 Å². The minimum atomic E-state index is -0.557. The molecule has 0 atom stereocenters. The highest BCUT2D eigenvalue weighted by atomic mass is 35.5. The normalized spacial score (nSPS) is 10.9. The predicted octanol–water partition coefficient (Wildman–Crippen LogP) is 1.37. The van der Waals surface area contributed by atoms with Crippen LogP contribution in [0.25, 0.3) is 11.3 Å². The fourth-order valence-corrected chi connectivity index (χ4v) is 1.90. The second-order valence-electron chi connectivity index (χ2n) is 4.63. The summed E-state index contributed by atoms with van der Waals surface area (Å²) in [6, 6.07) is 1.72. The van der Waals surface area contributed by atoms with E-state index in [1.807, 2.05) is 0 Å². The summed E-state index contributed by atoms with van der Waals surface area (Å²) >= 11 is 5.98. The van der Waals surface area contributed by atoms with Crippen LogP contribution in [0.5, 0.6) is 0 Å². The zero-order valence-corrected chi connectivity index (χ0v) is 11.3. The van der Waals surface area contributed by atoms with E-state index in [1.165, 1.54) is 6.20 Å². The zero-order chi connectivity index (χ0) is 14.0. The Morgan fingerprint density at radius 1 is 1.32 bits per heavy atom. The van der Waals surface area contributed by atoms with Crippen molar-refractivity contribution in [2.75, 3.05) is 0 Å². The molecule has 19 heavy (non-hydrogen) atoms. The minimum absolute atomic E-state index is 0.258. The van der Waals surface area contributed by atoms with Gasteiger partial charge in [0.05, 0.1) is 5.56 Å². The van der Waals surface area contributed by atoms with Gasteiger partial charge in [0.25, 0.3) is 5.56 Å². The van der Waals surface area contributed by atoms with Crippen molar-refractivity contribution < 1.29 is 0 Å². The highest BCUT2D eigenvalue weighted by Crippen LogP contribution is 2.20. The number of H-pyrrole nitrogens is 2. The SMILES string of the molecule is CC(C)Cc1cc(-c2c[nH]c(=O)[nH]c2=O)nnc1Cl. The van der Waals surface area contributed by atoms with Gasteiger partial charge in [-0.15, -0.1) is 10.2 Å². The standard InChI is InChI=1S/C12H13ClN4O2/c1-6(2)3-7-4-9(16-17-10(7)13)8-5-14-12(19)15-11(8)18/h4-6H,3H2,1-2H3,(H2,14,15,18,19). The summed E-state index contributed by atoms with van der Waals surface area (Å²) in [6.07, 6.45) is 2.06. The minimum Gasteiger partial charge on any atom is -0.313 e. The number of rotatable bonds is 3. The van der Waals surface area contributed by atoms with Crippen molar-refractivity contribution in [3.05, 3.63) is 43.8 Å². The Morgan fingerprint density at radius 2 is 2.05 bits per heavy atom. The molecule has 0 aliphatic rings. The predicted molar refractivity (Wildman–Crippen MR) is 72.3 cm³/mol. The van der Waals surface area contributed by atoms with Crippen LogP contribution in [0, 0.1) is 5.92 Å². The number of nitrogens with zero attached hydrogens (tertiary/aromatic N) is 2. The van der Waals surface area contributed by atoms with E-state index in [1.54, 1.807) is 6.07 Å². The van der Waals surface area contributed by atoms with E-state index in [9.17, 15) is 9.59 Å². The van der Waals surface area contributed by atoms with Gasteiger partial charge in [0.2, 0.25) is 0 Å². The quantitative estimate of drug-likeness (QED) is 0.888. The topological polar surface area (TPSA) is 91.5 Å². The van der Waals surface area contributed by atoms with Crippen LogP contribution in [0.4, 0.5) is 0 Å². The van der Waals surface area contributed by atoms with Crippen molar-refractivity contribution in [2.24, 2.45) is 5.92 Å². The lowest BCUT2D eigenvalue weighted by atomic mass is 10.0. The molecule has 0 spiro atoms. The number of aromatic amines is 2. The Hall–Kier alpha value is -1.95. The maximum Gasteiger partial charge on any atom is 0.325 e. The molecule has 0 unspecified atom stereocenters. The summed E-state index contributed by atoms with van der Waals surface area (Å²) in [7, 11) is 0. The number of aromatic nitrogens is 4. The first-order valence-corrected chi connectivity index (χ1v) is 6.19. The first-order chi connectivity index (χ1) is 8.97. The Bertz CT molecular complexity index is 705. The second-order valence-corrected chi connectivity index (χ2v) is 4.99. The van der Waals surface area contributed by atoms with Crippen molar-refractivity contribution in [3.8, 4) is 11.3 Å².